The molecule has 36 heavy (non-hydrogen) atoms. The van der Waals surface area contributed by atoms with E-state index in [2.05, 4.69) is 5.32 Å². The molecule has 12 nitrogen and oxygen atoms in total. The lowest BCUT2D eigenvalue weighted by molar-refractivity contribution is 0.0879. The van der Waals surface area contributed by atoms with Crippen molar-refractivity contribution in [3.05, 3.63) is 45.2 Å². The van der Waals surface area contributed by atoms with Crippen LogP contribution in [0.4, 0.5) is 5.82 Å². The van der Waals surface area contributed by atoms with Gasteiger partial charge in [-0.15, -0.1) is 0 Å². The number of nitrogens with one attached hydrogen (secondary N) is 1. The minimum atomic E-state index is -4.33. The van der Waals surface area contributed by atoms with E-state index in [0.29, 0.717) is 0 Å². The second-order valence-electron chi connectivity index (χ2n) is 8.04. The zero-order valence-electron chi connectivity index (χ0n) is 20.7. The maximum absolute atomic E-state index is 13.6. The summed E-state index contributed by atoms with van der Waals surface area (Å²) in [5.74, 6) is -1.93. The molecule has 0 saturated carbocycles. The quantitative estimate of drug-likeness (QED) is 0.438. The van der Waals surface area contributed by atoms with Crippen LogP contribution in [0.25, 0.3) is 5.69 Å². The Morgan fingerprint density at radius 3 is 1.75 bits per heavy atom. The van der Waals surface area contributed by atoms with Crippen molar-refractivity contribution >= 4 is 37.7 Å². The molecule has 2 amide bonds. The monoisotopic (exact) mass is 539 g/mol. The number of aryl methyl sites for hydroxylation is 1. The maximum Gasteiger partial charge on any atom is 0.262 e. The molecule has 1 aromatic heterocycles. The fourth-order valence-electron chi connectivity index (χ4n) is 4.23. The number of nitrogens with two attached hydrogens (primary N) is 1. The Kier molecular flexibility index (Phi) is 7.46. The van der Waals surface area contributed by atoms with Crippen LogP contribution < -0.4 is 16.6 Å². The van der Waals surface area contributed by atoms with Crippen LogP contribution in [0.2, 0.25) is 0 Å². The van der Waals surface area contributed by atoms with Crippen LogP contribution in [0.1, 0.15) is 54.0 Å². The zero-order chi connectivity index (χ0) is 27.2. The van der Waals surface area contributed by atoms with Gasteiger partial charge in [0, 0.05) is 32.2 Å². The highest BCUT2D eigenvalue weighted by molar-refractivity contribution is 7.92. The molecule has 1 aliphatic heterocycles. The first-order chi connectivity index (χ1) is 16.8. The van der Waals surface area contributed by atoms with E-state index in [9.17, 15) is 31.2 Å². The third-order valence-electron chi connectivity index (χ3n) is 6.10. The minimum absolute atomic E-state index is 0.0309. The Labute approximate surface area is 209 Å². The number of rotatable bonds is 9. The fraction of sp³-hybridized carbons (Fsp3) is 0.409. The molecule has 1 aromatic carbocycles. The van der Waals surface area contributed by atoms with Crippen molar-refractivity contribution in [1.82, 2.24) is 18.5 Å². The van der Waals surface area contributed by atoms with Gasteiger partial charge in [0.1, 0.15) is 15.6 Å². The smallest absolute Gasteiger partial charge is 0.262 e. The van der Waals surface area contributed by atoms with Crippen molar-refractivity contribution in [2.45, 2.75) is 44.4 Å². The van der Waals surface area contributed by atoms with Crippen LogP contribution >= 0.6 is 0 Å². The molecule has 0 spiro atoms. The van der Waals surface area contributed by atoms with E-state index in [1.807, 2.05) is 0 Å². The molecule has 0 saturated heterocycles. The number of nitrogens with zero attached hydrogens (tertiary/aromatic N) is 3. The van der Waals surface area contributed by atoms with Crippen molar-refractivity contribution in [3.8, 4) is 5.69 Å². The van der Waals surface area contributed by atoms with Gasteiger partial charge in [-0.3, -0.25) is 24.3 Å². The van der Waals surface area contributed by atoms with E-state index >= 15 is 0 Å². The zero-order valence-corrected chi connectivity index (χ0v) is 22.3. The second-order valence-corrected chi connectivity index (χ2v) is 11.9. The largest absolute Gasteiger partial charge is 0.384 e. The Morgan fingerprint density at radius 1 is 0.806 bits per heavy atom. The van der Waals surface area contributed by atoms with Crippen molar-refractivity contribution in [2.75, 3.05) is 31.9 Å². The molecule has 2 heterocycles. The summed E-state index contributed by atoms with van der Waals surface area (Å²) in [5.41, 5.74) is 5.14. The third kappa shape index (κ3) is 4.23. The van der Waals surface area contributed by atoms with Crippen LogP contribution in [0.3, 0.4) is 0 Å². The average Bonchev–Trinajstić information content (AvgIpc) is 3.08. The number of amides is 2. The SMILES string of the molecule is CCN(CC)S(=O)(=O)c1cc(C)c(-n2c(N)c3c(cc2=O)C(=O)NC3=O)cc1S(=O)(=O)N(CC)CC. The van der Waals surface area contributed by atoms with Gasteiger partial charge < -0.3 is 5.73 Å². The first-order valence-corrected chi connectivity index (χ1v) is 14.2. The molecule has 2 aromatic rings. The number of benzene rings is 1. The molecule has 0 fully saturated rings. The van der Waals surface area contributed by atoms with E-state index < -0.39 is 47.2 Å². The topological polar surface area (TPSA) is 169 Å². The van der Waals surface area contributed by atoms with E-state index in [1.54, 1.807) is 27.7 Å². The highest BCUT2D eigenvalue weighted by Gasteiger charge is 2.36. The molecule has 0 aliphatic carbocycles. The van der Waals surface area contributed by atoms with E-state index in [-0.39, 0.29) is 54.4 Å². The van der Waals surface area contributed by atoms with Crippen LogP contribution in [0, 0.1) is 6.92 Å². The van der Waals surface area contributed by atoms with Gasteiger partial charge in [-0.05, 0) is 24.6 Å². The van der Waals surface area contributed by atoms with Crippen LogP contribution in [0.5, 0.6) is 0 Å². The predicted molar refractivity (Wildman–Crippen MR) is 133 cm³/mol. The average molecular weight is 540 g/mol. The van der Waals surface area contributed by atoms with Gasteiger partial charge in [0.2, 0.25) is 20.0 Å². The number of imide groups is 1. The van der Waals surface area contributed by atoms with Crippen LogP contribution in [0.15, 0.2) is 32.8 Å². The fourth-order valence-corrected chi connectivity index (χ4v) is 7.99. The lowest BCUT2D eigenvalue weighted by Gasteiger charge is -2.25. The van der Waals surface area contributed by atoms with Gasteiger partial charge in [-0.25, -0.2) is 16.8 Å². The normalized spacial score (nSPS) is 14.0. The summed E-state index contributed by atoms with van der Waals surface area (Å²) >= 11 is 0. The summed E-state index contributed by atoms with van der Waals surface area (Å²) in [4.78, 5) is 36.3. The number of hydrogen-bond acceptors (Lipinski definition) is 8. The summed E-state index contributed by atoms with van der Waals surface area (Å²) in [6.45, 7) is 8.40. The number of anilines is 1. The number of pyridine rings is 1. The molecule has 1 aliphatic rings. The number of nitrogen functional groups attached to an aromatic ring is 1. The number of carbonyl (C=O) groups is 2. The number of carbonyl (C=O) groups excluding carboxylic acids is 2. The molecule has 0 bridgehead atoms. The Balaban J connectivity index is 2.46. The summed E-state index contributed by atoms with van der Waals surface area (Å²) in [6, 6.07) is 3.20. The molecule has 0 radical (unpaired) electrons. The number of hydrogen-bond donors (Lipinski definition) is 2. The van der Waals surface area contributed by atoms with Gasteiger partial charge in [0.05, 0.1) is 16.8 Å². The van der Waals surface area contributed by atoms with Gasteiger partial charge in [0.25, 0.3) is 17.4 Å². The second kappa shape index (κ2) is 9.76. The first kappa shape index (κ1) is 27.5. The Morgan fingerprint density at radius 2 is 1.28 bits per heavy atom. The number of sulfonamides is 2. The van der Waals surface area contributed by atoms with Crippen LogP contribution in [-0.4, -0.2) is 68.0 Å². The van der Waals surface area contributed by atoms with E-state index in [0.717, 1.165) is 25.3 Å². The van der Waals surface area contributed by atoms with Crippen molar-refractivity contribution in [2.24, 2.45) is 0 Å². The maximum atomic E-state index is 13.6. The van der Waals surface area contributed by atoms with Crippen molar-refractivity contribution < 1.29 is 26.4 Å². The number of aromatic nitrogens is 1. The van der Waals surface area contributed by atoms with Gasteiger partial charge in [0.15, 0.2) is 0 Å². The third-order valence-corrected chi connectivity index (χ3v) is 10.4. The molecule has 3 N–H and O–H groups in total. The Hall–Kier alpha value is -3.07. The Bertz CT molecular complexity index is 1520. The molecular formula is C22H29N5O7S2. The van der Waals surface area contributed by atoms with Crippen molar-refractivity contribution in [1.29, 1.82) is 0 Å². The minimum Gasteiger partial charge on any atom is -0.384 e. The summed E-state index contributed by atoms with van der Waals surface area (Å²) in [7, 11) is -8.56. The standard InChI is InChI=1S/C22H29N5O7S2/c1-6-25(7-2)35(31,32)16-10-13(5)15(12-17(16)36(33,34)26(8-3)9-4)27-18(28)11-14-19(20(27)23)22(30)24-21(14)29/h10-12H,6-9,23H2,1-5H3,(H,24,29,30). The molecule has 3 rings (SSSR count). The van der Waals surface area contributed by atoms with Gasteiger partial charge in [-0.2, -0.15) is 8.61 Å². The summed E-state index contributed by atoms with van der Waals surface area (Å²) in [6.07, 6.45) is 0. The molecule has 14 heteroatoms. The van der Waals surface area contributed by atoms with E-state index in [4.69, 9.17) is 5.73 Å². The highest BCUT2D eigenvalue weighted by Crippen LogP contribution is 2.33. The summed E-state index contributed by atoms with van der Waals surface area (Å²) in [5, 5.41) is 2.07. The number of fused-ring (bicyclic) bond motifs is 1. The van der Waals surface area contributed by atoms with E-state index in [1.165, 1.54) is 13.0 Å². The van der Waals surface area contributed by atoms with Crippen LogP contribution in [-0.2, 0) is 20.0 Å². The van der Waals surface area contributed by atoms with Gasteiger partial charge in [-0.1, -0.05) is 27.7 Å². The van der Waals surface area contributed by atoms with Gasteiger partial charge >= 0.3 is 0 Å². The first-order valence-electron chi connectivity index (χ1n) is 11.3. The molecule has 0 unspecified atom stereocenters. The molecule has 196 valence electrons. The van der Waals surface area contributed by atoms with Crippen molar-refractivity contribution in [3.63, 3.8) is 0 Å². The highest BCUT2D eigenvalue weighted by atomic mass is 32.2. The lowest BCUT2D eigenvalue weighted by atomic mass is 10.1. The molecular weight excluding hydrogens is 510 g/mol. The molecule has 0 atom stereocenters. The lowest BCUT2D eigenvalue weighted by Crippen LogP contribution is -2.35. The predicted octanol–water partition coefficient (Wildman–Crippen LogP) is 0.673. The summed E-state index contributed by atoms with van der Waals surface area (Å²) < 4.78 is 57.4.